The molecule has 0 amide bonds. The van der Waals surface area contributed by atoms with Gasteiger partial charge in [-0.2, -0.15) is 0 Å². The smallest absolute Gasteiger partial charge is 0.542 e. The van der Waals surface area contributed by atoms with Gasteiger partial charge in [0.1, 0.15) is 5.97 Å². The van der Waals surface area contributed by atoms with E-state index in [9.17, 15) is 24.3 Å². The number of hydrogen-bond acceptors (Lipinski definition) is 5. The fourth-order valence-corrected chi connectivity index (χ4v) is 1.71. The molecular formula is C18H15NaO6. The van der Waals surface area contributed by atoms with Gasteiger partial charge in [0.05, 0.1) is 0 Å². The van der Waals surface area contributed by atoms with Crippen LogP contribution < -0.4 is 34.7 Å². The Labute approximate surface area is 166 Å². The third kappa shape index (κ3) is 9.56. The molecule has 0 saturated carbocycles. The van der Waals surface area contributed by atoms with Crippen molar-refractivity contribution in [3.8, 4) is 0 Å². The number of carboxylic acid groups (broad SMARTS) is 2. The molecule has 2 aromatic carbocycles. The number of hydrogen-bond donors (Lipinski definition) is 1. The topological polar surface area (TPSA) is 112 Å². The number of aliphatic carboxylic acids is 2. The van der Waals surface area contributed by atoms with Crippen LogP contribution in [0.25, 0.3) is 0 Å². The van der Waals surface area contributed by atoms with Crippen LogP contribution in [0.3, 0.4) is 0 Å². The predicted molar refractivity (Wildman–Crippen MR) is 82.9 cm³/mol. The molecule has 2 rings (SSSR count). The monoisotopic (exact) mass is 350 g/mol. The van der Waals surface area contributed by atoms with Crippen LogP contribution in [-0.2, 0) is 32.0 Å². The zero-order chi connectivity index (χ0) is 17.9. The first-order chi connectivity index (χ1) is 11.4. The zero-order valence-corrected chi connectivity index (χ0v) is 15.7. The Morgan fingerprint density at radius 3 is 1.40 bits per heavy atom. The number of carboxylic acids is 2. The Balaban J connectivity index is 0.000000443. The van der Waals surface area contributed by atoms with Gasteiger partial charge in [0.15, 0.2) is 5.78 Å². The van der Waals surface area contributed by atoms with E-state index in [2.05, 4.69) is 0 Å². The minimum Gasteiger partial charge on any atom is -0.542 e. The van der Waals surface area contributed by atoms with Crippen LogP contribution in [0, 0.1) is 0 Å². The molecule has 6 nitrogen and oxygen atoms in total. The van der Waals surface area contributed by atoms with E-state index < -0.39 is 23.5 Å². The van der Waals surface area contributed by atoms with E-state index >= 15 is 0 Å². The number of Topliss-reactive ketones (excluding diaryl/α,β-unsaturated/α-hetero) is 2. The number of carbonyl (C=O) groups excluding carboxylic acids is 3. The molecule has 0 bridgehead atoms. The first-order valence-electron chi connectivity index (χ1n) is 6.98. The maximum atomic E-state index is 10.7. The number of benzene rings is 2. The Bertz CT molecular complexity index is 649. The van der Waals surface area contributed by atoms with Crippen molar-refractivity contribution < 1.29 is 58.9 Å². The molecule has 0 aliphatic rings. The summed E-state index contributed by atoms with van der Waals surface area (Å²) in [7, 11) is 0. The molecule has 0 radical (unpaired) electrons. The summed E-state index contributed by atoms with van der Waals surface area (Å²) in [5.74, 6) is -4.67. The third-order valence-corrected chi connectivity index (χ3v) is 2.88. The predicted octanol–water partition coefficient (Wildman–Crippen LogP) is -2.57. The molecule has 0 spiro atoms. The molecule has 1 N–H and O–H groups in total. The average Bonchev–Trinajstić information content (AvgIpc) is 2.57. The molecule has 0 atom stereocenters. The van der Waals surface area contributed by atoms with Gasteiger partial charge in [-0.3, -0.25) is 9.59 Å². The van der Waals surface area contributed by atoms with Crippen molar-refractivity contribution in [3.63, 3.8) is 0 Å². The van der Waals surface area contributed by atoms with Crippen molar-refractivity contribution in [2.75, 3.05) is 0 Å². The largest absolute Gasteiger partial charge is 1.00 e. The summed E-state index contributed by atoms with van der Waals surface area (Å²) in [5.41, 5.74) is 1.41. The van der Waals surface area contributed by atoms with Crippen LogP contribution in [-0.4, -0.2) is 28.6 Å². The fourth-order valence-electron chi connectivity index (χ4n) is 1.71. The molecule has 0 aliphatic carbocycles. The van der Waals surface area contributed by atoms with Gasteiger partial charge in [0.25, 0.3) is 0 Å². The summed E-state index contributed by atoms with van der Waals surface area (Å²) in [6.45, 7) is 0. The van der Waals surface area contributed by atoms with Crippen molar-refractivity contribution in [1.29, 1.82) is 0 Å². The van der Waals surface area contributed by atoms with Gasteiger partial charge in [-0.05, 0) is 11.1 Å². The van der Waals surface area contributed by atoms with E-state index in [4.69, 9.17) is 5.11 Å². The molecule has 2 aromatic rings. The average molecular weight is 350 g/mol. The van der Waals surface area contributed by atoms with Gasteiger partial charge >= 0.3 is 35.5 Å². The quantitative estimate of drug-likeness (QED) is 0.453. The van der Waals surface area contributed by atoms with Gasteiger partial charge in [-0.15, -0.1) is 0 Å². The molecule has 0 fully saturated rings. The van der Waals surface area contributed by atoms with Crippen molar-refractivity contribution in [1.82, 2.24) is 0 Å². The fraction of sp³-hybridized carbons (Fsp3) is 0.111. The van der Waals surface area contributed by atoms with E-state index in [0.717, 1.165) is 5.56 Å². The van der Waals surface area contributed by atoms with E-state index in [1.807, 2.05) is 6.07 Å². The first kappa shape index (κ1) is 22.7. The van der Waals surface area contributed by atoms with Crippen LogP contribution in [0.1, 0.15) is 11.1 Å². The summed E-state index contributed by atoms with van der Waals surface area (Å²) in [4.78, 5) is 41.6. The summed E-state index contributed by atoms with van der Waals surface area (Å²) >= 11 is 0. The molecule has 0 heterocycles. The minimum atomic E-state index is -1.63. The van der Waals surface area contributed by atoms with Crippen molar-refractivity contribution in [2.45, 2.75) is 12.8 Å². The molecule has 25 heavy (non-hydrogen) atoms. The van der Waals surface area contributed by atoms with Crippen LogP contribution in [0.15, 0.2) is 60.7 Å². The molecule has 0 saturated heterocycles. The van der Waals surface area contributed by atoms with E-state index in [1.54, 1.807) is 54.6 Å². The van der Waals surface area contributed by atoms with Gasteiger partial charge in [-0.1, -0.05) is 60.7 Å². The second kappa shape index (κ2) is 12.1. The van der Waals surface area contributed by atoms with E-state index in [0.29, 0.717) is 5.56 Å². The van der Waals surface area contributed by atoms with Gasteiger partial charge < -0.3 is 15.0 Å². The zero-order valence-electron chi connectivity index (χ0n) is 13.7. The maximum absolute atomic E-state index is 10.7. The Morgan fingerprint density at radius 1 is 0.720 bits per heavy atom. The third-order valence-electron chi connectivity index (χ3n) is 2.88. The molecular weight excluding hydrogens is 335 g/mol. The van der Waals surface area contributed by atoms with Crippen molar-refractivity contribution in [2.24, 2.45) is 0 Å². The Hall–Kier alpha value is -2.28. The van der Waals surface area contributed by atoms with Crippen molar-refractivity contribution >= 4 is 23.5 Å². The second-order valence-electron chi connectivity index (χ2n) is 4.76. The molecule has 0 aromatic heterocycles. The SMILES string of the molecule is O=C(O)C(=O)Cc1ccccc1.O=C([O-])C(=O)Cc1ccccc1.[Na+]. The van der Waals surface area contributed by atoms with Gasteiger partial charge in [0, 0.05) is 12.8 Å². The molecule has 7 heteroatoms. The number of ketones is 2. The standard InChI is InChI=1S/2C9H8O3.Na/c2*10-8(9(11)12)6-7-4-2-1-3-5-7;/h2*1-5H,6H2,(H,11,12);/q;;+1/p-1. The summed E-state index contributed by atoms with van der Waals surface area (Å²) < 4.78 is 0. The summed E-state index contributed by atoms with van der Waals surface area (Å²) in [6, 6.07) is 17.5. The molecule has 124 valence electrons. The van der Waals surface area contributed by atoms with Crippen molar-refractivity contribution in [3.05, 3.63) is 71.8 Å². The molecule has 0 aliphatic heterocycles. The number of carbonyl (C=O) groups is 4. The summed E-state index contributed by atoms with van der Waals surface area (Å²) in [5, 5.41) is 18.3. The Morgan fingerprint density at radius 2 is 1.08 bits per heavy atom. The molecule has 0 unspecified atom stereocenters. The number of rotatable bonds is 6. The van der Waals surface area contributed by atoms with Crippen LogP contribution >= 0.6 is 0 Å². The van der Waals surface area contributed by atoms with Gasteiger partial charge in [-0.25, -0.2) is 4.79 Å². The minimum absolute atomic E-state index is 0. The first-order valence-corrected chi connectivity index (χ1v) is 6.98. The van der Waals surface area contributed by atoms with E-state index in [1.165, 1.54) is 0 Å². The maximum Gasteiger partial charge on any atom is 1.00 e. The Kier molecular flexibility index (Phi) is 11.0. The van der Waals surface area contributed by atoms with Crippen LogP contribution in [0.5, 0.6) is 0 Å². The normalized spacial score (nSPS) is 8.96. The second-order valence-corrected chi connectivity index (χ2v) is 4.76. The van der Waals surface area contributed by atoms with E-state index in [-0.39, 0.29) is 42.4 Å². The van der Waals surface area contributed by atoms with Crippen LogP contribution in [0.4, 0.5) is 0 Å². The van der Waals surface area contributed by atoms with Gasteiger partial charge in [0.2, 0.25) is 5.78 Å². The summed E-state index contributed by atoms with van der Waals surface area (Å²) in [6.07, 6.45) is -0.126. The van der Waals surface area contributed by atoms with Crippen LogP contribution in [0.2, 0.25) is 0 Å².